The molecule has 1 heterocycles. The van der Waals surface area contributed by atoms with Gasteiger partial charge < -0.3 is 4.74 Å². The SMILES string of the molecule is O=C(Nc1ccc(F)c(CN2CCC(=O)C3CCCCC32)c1)Oc1ccccc1. The van der Waals surface area contributed by atoms with Crippen molar-refractivity contribution >= 4 is 17.6 Å². The van der Waals surface area contributed by atoms with E-state index in [1.807, 2.05) is 6.07 Å². The first-order valence-electron chi connectivity index (χ1n) is 10.2. The van der Waals surface area contributed by atoms with E-state index in [1.165, 1.54) is 12.1 Å². The van der Waals surface area contributed by atoms with E-state index in [0.29, 0.717) is 42.3 Å². The smallest absolute Gasteiger partial charge is 0.410 e. The van der Waals surface area contributed by atoms with Gasteiger partial charge in [-0.25, -0.2) is 9.18 Å². The molecule has 2 aliphatic rings. The van der Waals surface area contributed by atoms with Crippen LogP contribution in [0.4, 0.5) is 14.9 Å². The molecule has 5 nitrogen and oxygen atoms in total. The van der Waals surface area contributed by atoms with Crippen LogP contribution in [0.3, 0.4) is 0 Å². The average Bonchev–Trinajstić information content (AvgIpc) is 2.73. The van der Waals surface area contributed by atoms with Gasteiger partial charge in [-0.1, -0.05) is 31.0 Å². The number of carbonyl (C=O) groups is 2. The minimum Gasteiger partial charge on any atom is -0.410 e. The van der Waals surface area contributed by atoms with Crippen LogP contribution in [0.25, 0.3) is 0 Å². The number of Topliss-reactive ketones (excluding diaryl/α,β-unsaturated/α-hetero) is 1. The van der Waals surface area contributed by atoms with Crippen molar-refractivity contribution in [3.05, 3.63) is 59.9 Å². The topological polar surface area (TPSA) is 58.6 Å². The number of anilines is 1. The summed E-state index contributed by atoms with van der Waals surface area (Å²) >= 11 is 0. The minimum absolute atomic E-state index is 0.0859. The lowest BCUT2D eigenvalue weighted by Gasteiger charge is -2.43. The van der Waals surface area contributed by atoms with Gasteiger partial charge in [-0.15, -0.1) is 0 Å². The maximum atomic E-state index is 14.5. The van der Waals surface area contributed by atoms with Gasteiger partial charge in [0.2, 0.25) is 0 Å². The van der Waals surface area contributed by atoms with Crippen molar-refractivity contribution in [3.63, 3.8) is 0 Å². The normalized spacial score (nSPS) is 22.0. The molecule has 2 unspecified atom stereocenters. The average molecular weight is 396 g/mol. The third kappa shape index (κ3) is 4.65. The largest absolute Gasteiger partial charge is 0.417 e. The van der Waals surface area contributed by atoms with Crippen LogP contribution in [0, 0.1) is 11.7 Å². The second-order valence-corrected chi connectivity index (χ2v) is 7.78. The monoisotopic (exact) mass is 396 g/mol. The number of ether oxygens (including phenoxy) is 1. The molecule has 1 saturated carbocycles. The van der Waals surface area contributed by atoms with E-state index in [4.69, 9.17) is 4.74 Å². The van der Waals surface area contributed by atoms with Gasteiger partial charge in [-0.2, -0.15) is 0 Å². The lowest BCUT2D eigenvalue weighted by atomic mass is 9.77. The number of nitrogens with one attached hydrogen (secondary N) is 1. The summed E-state index contributed by atoms with van der Waals surface area (Å²) in [4.78, 5) is 26.6. The molecule has 152 valence electrons. The molecule has 0 bridgehead atoms. The number of benzene rings is 2. The molecule has 2 aromatic carbocycles. The van der Waals surface area contributed by atoms with Gasteiger partial charge in [0.05, 0.1) is 0 Å². The summed E-state index contributed by atoms with van der Waals surface area (Å²) in [5.41, 5.74) is 0.997. The molecule has 1 aliphatic heterocycles. The number of piperidine rings is 1. The van der Waals surface area contributed by atoms with Crippen LogP contribution in [0.5, 0.6) is 5.75 Å². The molecular weight excluding hydrogens is 371 g/mol. The second-order valence-electron chi connectivity index (χ2n) is 7.78. The molecule has 6 heteroatoms. The Morgan fingerprint density at radius 2 is 1.93 bits per heavy atom. The summed E-state index contributed by atoms with van der Waals surface area (Å²) in [7, 11) is 0. The highest BCUT2D eigenvalue weighted by Crippen LogP contribution is 2.34. The Balaban J connectivity index is 1.44. The first-order valence-corrected chi connectivity index (χ1v) is 10.2. The van der Waals surface area contributed by atoms with Crippen molar-refractivity contribution in [2.45, 2.75) is 44.7 Å². The number of hydrogen-bond acceptors (Lipinski definition) is 4. The van der Waals surface area contributed by atoms with Gasteiger partial charge in [0.1, 0.15) is 17.3 Å². The third-order valence-corrected chi connectivity index (χ3v) is 5.88. The van der Waals surface area contributed by atoms with Crippen molar-refractivity contribution in [1.29, 1.82) is 0 Å². The van der Waals surface area contributed by atoms with E-state index in [-0.39, 0.29) is 17.8 Å². The summed E-state index contributed by atoms with van der Waals surface area (Å²) in [6, 6.07) is 13.5. The van der Waals surface area contributed by atoms with E-state index < -0.39 is 6.09 Å². The molecule has 0 spiro atoms. The van der Waals surface area contributed by atoms with E-state index >= 15 is 0 Å². The Morgan fingerprint density at radius 3 is 2.76 bits per heavy atom. The van der Waals surface area contributed by atoms with Crippen LogP contribution in [-0.2, 0) is 11.3 Å². The molecule has 2 atom stereocenters. The summed E-state index contributed by atoms with van der Waals surface area (Å²) in [6.07, 6.45) is 4.04. The van der Waals surface area contributed by atoms with Crippen molar-refractivity contribution in [2.75, 3.05) is 11.9 Å². The van der Waals surface area contributed by atoms with E-state index in [2.05, 4.69) is 10.2 Å². The molecule has 29 heavy (non-hydrogen) atoms. The molecule has 4 rings (SSSR count). The molecule has 1 aliphatic carbocycles. The molecule has 2 fully saturated rings. The van der Waals surface area contributed by atoms with Crippen LogP contribution in [0.2, 0.25) is 0 Å². The lowest BCUT2D eigenvalue weighted by molar-refractivity contribution is -0.131. The predicted octanol–water partition coefficient (Wildman–Crippen LogP) is 4.77. The Kier molecular flexibility index (Phi) is 5.90. The highest BCUT2D eigenvalue weighted by Gasteiger charge is 2.38. The molecule has 2 aromatic rings. The summed E-state index contributed by atoms with van der Waals surface area (Å²) in [6.45, 7) is 1.09. The lowest BCUT2D eigenvalue weighted by Crippen LogP contribution is -2.50. The first-order chi connectivity index (χ1) is 14.1. The van der Waals surface area contributed by atoms with Crippen LogP contribution in [0.1, 0.15) is 37.7 Å². The zero-order valence-corrected chi connectivity index (χ0v) is 16.3. The maximum Gasteiger partial charge on any atom is 0.417 e. The number of likely N-dealkylation sites (tertiary alicyclic amines) is 1. The van der Waals surface area contributed by atoms with Gasteiger partial charge in [-0.3, -0.25) is 15.0 Å². The predicted molar refractivity (Wildman–Crippen MR) is 108 cm³/mol. The standard InChI is InChI=1S/C23H25FN2O3/c24-20-11-10-17(25-23(28)29-18-6-2-1-3-7-18)14-16(20)15-26-13-12-22(27)19-8-4-5-9-21(19)26/h1-3,6-7,10-11,14,19,21H,4-5,8-9,12-13,15H2,(H,25,28). The van der Waals surface area contributed by atoms with E-state index in [0.717, 1.165) is 25.7 Å². The fourth-order valence-electron chi connectivity index (χ4n) is 4.46. The number of fused-ring (bicyclic) bond motifs is 1. The molecule has 1 N–H and O–H groups in total. The highest BCUT2D eigenvalue weighted by molar-refractivity contribution is 5.86. The summed E-state index contributed by atoms with van der Waals surface area (Å²) < 4.78 is 19.7. The number of rotatable bonds is 4. The summed E-state index contributed by atoms with van der Waals surface area (Å²) in [5, 5.41) is 2.66. The van der Waals surface area contributed by atoms with Crippen LogP contribution in [-0.4, -0.2) is 29.4 Å². The molecule has 0 radical (unpaired) electrons. The van der Waals surface area contributed by atoms with Gasteiger partial charge in [-0.05, 0) is 43.2 Å². The number of halogens is 1. The number of hydrogen-bond donors (Lipinski definition) is 1. The first kappa shape index (κ1) is 19.6. The van der Waals surface area contributed by atoms with E-state index in [1.54, 1.807) is 30.3 Å². The fraction of sp³-hybridized carbons (Fsp3) is 0.391. The van der Waals surface area contributed by atoms with Crippen LogP contribution in [0.15, 0.2) is 48.5 Å². The zero-order valence-electron chi connectivity index (χ0n) is 16.3. The molecule has 1 saturated heterocycles. The third-order valence-electron chi connectivity index (χ3n) is 5.88. The Bertz CT molecular complexity index is 887. The molecular formula is C23H25FN2O3. The molecule has 1 amide bonds. The number of para-hydroxylation sites is 1. The van der Waals surface area contributed by atoms with Crippen molar-refractivity contribution in [1.82, 2.24) is 4.90 Å². The fourth-order valence-corrected chi connectivity index (χ4v) is 4.46. The maximum absolute atomic E-state index is 14.5. The van der Waals surface area contributed by atoms with Crippen molar-refractivity contribution in [3.8, 4) is 5.75 Å². The Hall–Kier alpha value is -2.73. The number of amides is 1. The number of carbonyl (C=O) groups excluding carboxylic acids is 2. The minimum atomic E-state index is -0.621. The Morgan fingerprint density at radius 1 is 1.14 bits per heavy atom. The van der Waals surface area contributed by atoms with Crippen molar-refractivity contribution < 1.29 is 18.7 Å². The van der Waals surface area contributed by atoms with Crippen LogP contribution >= 0.6 is 0 Å². The van der Waals surface area contributed by atoms with Crippen LogP contribution < -0.4 is 10.1 Å². The van der Waals surface area contributed by atoms with Gasteiger partial charge in [0, 0.05) is 42.7 Å². The summed E-state index contributed by atoms with van der Waals surface area (Å²) in [5.74, 6) is 0.568. The van der Waals surface area contributed by atoms with Crippen molar-refractivity contribution in [2.24, 2.45) is 5.92 Å². The highest BCUT2D eigenvalue weighted by atomic mass is 19.1. The zero-order chi connectivity index (χ0) is 20.2. The van der Waals surface area contributed by atoms with Gasteiger partial charge >= 0.3 is 6.09 Å². The second kappa shape index (κ2) is 8.74. The Labute approximate surface area is 169 Å². The number of ketones is 1. The van der Waals surface area contributed by atoms with E-state index in [9.17, 15) is 14.0 Å². The quantitative estimate of drug-likeness (QED) is 0.809. The number of nitrogens with zero attached hydrogens (tertiary/aromatic N) is 1. The van der Waals surface area contributed by atoms with Gasteiger partial charge in [0.25, 0.3) is 0 Å². The van der Waals surface area contributed by atoms with Gasteiger partial charge in [0.15, 0.2) is 0 Å². The molecule has 0 aromatic heterocycles.